The number of rotatable bonds is 3. The van der Waals surface area contributed by atoms with Crippen LogP contribution in [0.1, 0.15) is 23.7 Å². The molecule has 2 aromatic rings. The zero-order valence-electron chi connectivity index (χ0n) is 11.6. The van der Waals surface area contributed by atoms with Crippen LogP contribution in [0.2, 0.25) is 0 Å². The lowest BCUT2D eigenvalue weighted by Gasteiger charge is -2.16. The largest absolute Gasteiger partial charge is 0.378 e. The first-order valence-corrected chi connectivity index (χ1v) is 8.06. The predicted octanol–water partition coefficient (Wildman–Crippen LogP) is 5.21. The van der Waals surface area contributed by atoms with Gasteiger partial charge in [0.25, 0.3) is 0 Å². The van der Waals surface area contributed by atoms with E-state index in [9.17, 15) is 0 Å². The van der Waals surface area contributed by atoms with Crippen molar-refractivity contribution < 1.29 is 4.74 Å². The number of hydrogen-bond donors (Lipinski definition) is 0. The minimum Gasteiger partial charge on any atom is -0.378 e. The molecule has 1 fully saturated rings. The Morgan fingerprint density at radius 1 is 1.00 bits per heavy atom. The molecular weight excluding hydrogens is 312 g/mol. The normalized spacial score (nSPS) is 23.7. The summed E-state index contributed by atoms with van der Waals surface area (Å²) in [4.78, 5) is 0.386. The Hall–Kier alpha value is -1.12. The van der Waals surface area contributed by atoms with Crippen molar-refractivity contribution in [3.63, 3.8) is 0 Å². The Balaban J connectivity index is 1.76. The number of benzene rings is 2. The first-order chi connectivity index (χ1) is 9.74. The lowest BCUT2D eigenvalue weighted by atomic mass is 9.95. The van der Waals surface area contributed by atoms with Crippen molar-refractivity contribution >= 4 is 15.9 Å². The molecule has 1 aliphatic rings. The first kappa shape index (κ1) is 13.8. The predicted molar refractivity (Wildman–Crippen MR) is 87.1 cm³/mol. The summed E-state index contributed by atoms with van der Waals surface area (Å²) in [6, 6.07) is 19.4. The second-order valence-electron chi connectivity index (χ2n) is 5.53. The maximum absolute atomic E-state index is 5.67. The zero-order valence-corrected chi connectivity index (χ0v) is 13.2. The zero-order chi connectivity index (χ0) is 13.9. The van der Waals surface area contributed by atoms with E-state index in [0.29, 0.717) is 16.8 Å². The third-order valence-corrected chi connectivity index (χ3v) is 5.26. The van der Waals surface area contributed by atoms with Crippen LogP contribution >= 0.6 is 15.9 Å². The highest BCUT2D eigenvalue weighted by molar-refractivity contribution is 9.09. The average Bonchev–Trinajstić information content (AvgIpc) is 2.94. The quantitative estimate of drug-likeness (QED) is 0.701. The van der Waals surface area contributed by atoms with Crippen molar-refractivity contribution in [2.75, 3.05) is 6.61 Å². The molecule has 2 aromatic carbocycles. The summed E-state index contributed by atoms with van der Waals surface area (Å²) in [5.74, 6) is 0.576. The summed E-state index contributed by atoms with van der Waals surface area (Å²) in [5.41, 5.74) is 3.88. The van der Waals surface area contributed by atoms with Gasteiger partial charge in [0, 0.05) is 10.7 Å². The second kappa shape index (κ2) is 6.11. The Kier molecular flexibility index (Phi) is 4.23. The summed E-state index contributed by atoms with van der Waals surface area (Å²) in [6.07, 6.45) is 1.53. The minimum atomic E-state index is 0.386. The van der Waals surface area contributed by atoms with Gasteiger partial charge in [-0.1, -0.05) is 70.5 Å². The number of halogens is 1. The van der Waals surface area contributed by atoms with Crippen molar-refractivity contribution in [1.29, 1.82) is 0 Å². The summed E-state index contributed by atoms with van der Waals surface area (Å²) in [6.45, 7) is 3.01. The van der Waals surface area contributed by atoms with E-state index in [1.165, 1.54) is 16.7 Å². The number of hydrogen-bond acceptors (Lipinski definition) is 1. The van der Waals surface area contributed by atoms with Gasteiger partial charge in [-0.05, 0) is 30.0 Å². The molecule has 0 N–H and O–H groups in total. The van der Waals surface area contributed by atoms with Gasteiger partial charge in [-0.2, -0.15) is 0 Å². The van der Waals surface area contributed by atoms with Crippen LogP contribution < -0.4 is 0 Å². The fraction of sp³-hybridized carbons (Fsp3) is 0.333. The molecule has 0 radical (unpaired) electrons. The lowest BCUT2D eigenvalue weighted by molar-refractivity contribution is 0.120. The summed E-state index contributed by atoms with van der Waals surface area (Å²) in [7, 11) is 0. The molecule has 1 heterocycles. The molecule has 104 valence electrons. The Morgan fingerprint density at radius 2 is 1.65 bits per heavy atom. The molecule has 0 saturated carbocycles. The van der Waals surface area contributed by atoms with Gasteiger partial charge >= 0.3 is 0 Å². The summed E-state index contributed by atoms with van der Waals surface area (Å²) in [5, 5.41) is 0. The van der Waals surface area contributed by atoms with Crippen LogP contribution in [-0.2, 0) is 4.74 Å². The molecule has 1 saturated heterocycles. The van der Waals surface area contributed by atoms with Gasteiger partial charge in [0.2, 0.25) is 0 Å². The molecule has 20 heavy (non-hydrogen) atoms. The Bertz CT molecular complexity index is 549. The molecule has 3 unspecified atom stereocenters. The molecule has 1 nitrogen and oxygen atoms in total. The third-order valence-electron chi connectivity index (χ3n) is 3.98. The maximum Gasteiger partial charge on any atom is 0.0551 e. The van der Waals surface area contributed by atoms with E-state index < -0.39 is 0 Å². The highest BCUT2D eigenvalue weighted by Gasteiger charge is 2.28. The summed E-state index contributed by atoms with van der Waals surface area (Å²) >= 11 is 3.84. The van der Waals surface area contributed by atoms with Crippen molar-refractivity contribution in [3.05, 3.63) is 60.2 Å². The molecule has 0 spiro atoms. The van der Waals surface area contributed by atoms with Crippen molar-refractivity contribution in [1.82, 2.24) is 0 Å². The van der Waals surface area contributed by atoms with Gasteiger partial charge in [-0.3, -0.25) is 0 Å². The van der Waals surface area contributed by atoms with Crippen molar-refractivity contribution in [2.45, 2.75) is 24.3 Å². The van der Waals surface area contributed by atoms with E-state index in [2.05, 4.69) is 71.4 Å². The molecule has 3 rings (SSSR count). The Morgan fingerprint density at radius 3 is 2.25 bits per heavy atom. The van der Waals surface area contributed by atoms with Crippen LogP contribution in [0.25, 0.3) is 11.1 Å². The summed E-state index contributed by atoms with van der Waals surface area (Å²) < 4.78 is 5.67. The molecule has 0 aliphatic carbocycles. The van der Waals surface area contributed by atoms with Crippen LogP contribution in [0.4, 0.5) is 0 Å². The monoisotopic (exact) mass is 330 g/mol. The molecule has 1 aliphatic heterocycles. The van der Waals surface area contributed by atoms with Gasteiger partial charge in [0.1, 0.15) is 0 Å². The van der Waals surface area contributed by atoms with Crippen molar-refractivity contribution in [3.8, 4) is 11.1 Å². The molecular formula is C18H19BrO. The van der Waals surface area contributed by atoms with Gasteiger partial charge in [-0.25, -0.2) is 0 Å². The van der Waals surface area contributed by atoms with Gasteiger partial charge < -0.3 is 4.74 Å². The fourth-order valence-corrected chi connectivity index (χ4v) is 3.49. The van der Waals surface area contributed by atoms with Crippen LogP contribution in [0.5, 0.6) is 0 Å². The highest BCUT2D eigenvalue weighted by Crippen LogP contribution is 2.38. The number of alkyl halides is 1. The van der Waals surface area contributed by atoms with Gasteiger partial charge in [0.15, 0.2) is 0 Å². The van der Waals surface area contributed by atoms with Gasteiger partial charge in [0.05, 0.1) is 12.7 Å². The van der Waals surface area contributed by atoms with E-state index in [1.54, 1.807) is 0 Å². The number of ether oxygens (including phenoxy) is 1. The fourth-order valence-electron chi connectivity index (χ4n) is 2.82. The van der Waals surface area contributed by atoms with Gasteiger partial charge in [-0.15, -0.1) is 0 Å². The van der Waals surface area contributed by atoms with E-state index in [0.717, 1.165) is 13.0 Å². The Labute approximate surface area is 129 Å². The SMILES string of the molecule is CC1CC(C(Br)c2ccc(-c3ccccc3)cc2)CO1. The average molecular weight is 331 g/mol. The second-order valence-corrected chi connectivity index (χ2v) is 6.52. The molecule has 0 bridgehead atoms. The smallest absolute Gasteiger partial charge is 0.0551 e. The van der Waals surface area contributed by atoms with Crippen LogP contribution in [0.3, 0.4) is 0 Å². The standard InChI is InChI=1S/C18H19BrO/c1-13-11-17(12-20-13)18(19)16-9-7-15(8-10-16)14-5-3-2-4-6-14/h2-10,13,17-18H,11-12H2,1H3. The van der Waals surface area contributed by atoms with Crippen LogP contribution in [-0.4, -0.2) is 12.7 Å². The van der Waals surface area contributed by atoms with Crippen LogP contribution in [0, 0.1) is 5.92 Å². The maximum atomic E-state index is 5.67. The van der Waals surface area contributed by atoms with E-state index in [1.807, 2.05) is 6.07 Å². The molecule has 0 aromatic heterocycles. The molecule has 2 heteroatoms. The van der Waals surface area contributed by atoms with Crippen LogP contribution in [0.15, 0.2) is 54.6 Å². The van der Waals surface area contributed by atoms with E-state index >= 15 is 0 Å². The topological polar surface area (TPSA) is 9.23 Å². The molecule has 0 amide bonds. The minimum absolute atomic E-state index is 0.386. The first-order valence-electron chi connectivity index (χ1n) is 7.15. The van der Waals surface area contributed by atoms with E-state index in [-0.39, 0.29) is 0 Å². The molecule has 3 atom stereocenters. The van der Waals surface area contributed by atoms with E-state index in [4.69, 9.17) is 4.74 Å². The highest BCUT2D eigenvalue weighted by atomic mass is 79.9. The van der Waals surface area contributed by atoms with Crippen molar-refractivity contribution in [2.24, 2.45) is 5.92 Å². The third kappa shape index (κ3) is 2.97. The lowest BCUT2D eigenvalue weighted by Crippen LogP contribution is -2.07.